The zero-order chi connectivity index (χ0) is 15.1. The molecule has 0 radical (unpaired) electrons. The predicted octanol–water partition coefficient (Wildman–Crippen LogP) is 3.21. The summed E-state index contributed by atoms with van der Waals surface area (Å²) in [5.74, 6) is 0. The largest absolute Gasteiger partial charge is 0.399 e. The van der Waals surface area contributed by atoms with Crippen molar-refractivity contribution in [2.24, 2.45) is 7.05 Å². The van der Waals surface area contributed by atoms with Crippen LogP contribution in [0, 0.1) is 0 Å². The number of imidazole rings is 1. The highest BCUT2D eigenvalue weighted by molar-refractivity contribution is 5.87. The summed E-state index contributed by atoms with van der Waals surface area (Å²) in [5.41, 5.74) is 12.8. The maximum atomic E-state index is 5.76. The second-order valence-corrected chi connectivity index (χ2v) is 5.34. The molecule has 0 amide bonds. The molecule has 0 saturated heterocycles. The van der Waals surface area contributed by atoms with Gasteiger partial charge in [0.15, 0.2) is 0 Å². The number of H-pyrrole nitrogens is 1. The van der Waals surface area contributed by atoms with Gasteiger partial charge in [0.2, 0.25) is 0 Å². The Hall–Kier alpha value is -3.08. The molecule has 5 nitrogen and oxygen atoms in total. The number of rotatable bonds is 2. The lowest BCUT2D eigenvalue weighted by Gasteiger charge is -2.05. The van der Waals surface area contributed by atoms with Gasteiger partial charge in [0.1, 0.15) is 0 Å². The summed E-state index contributed by atoms with van der Waals surface area (Å²) in [6.07, 6.45) is 3.67. The molecule has 2 heterocycles. The zero-order valence-corrected chi connectivity index (χ0v) is 12.1. The minimum Gasteiger partial charge on any atom is -0.399 e. The fraction of sp³-hybridized carbons (Fsp3) is 0.0588. The predicted molar refractivity (Wildman–Crippen MR) is 88.1 cm³/mol. The summed E-state index contributed by atoms with van der Waals surface area (Å²) >= 11 is 0. The standard InChI is InChI=1S/C17H15N5/c1-22-10-19-15-7-4-12(8-16(15)22)14-9-20-21-17(14)11-2-5-13(18)6-3-11/h2-10H,18H2,1H3,(H,20,21). The summed E-state index contributed by atoms with van der Waals surface area (Å²) in [4.78, 5) is 4.36. The molecule has 0 spiro atoms. The fourth-order valence-electron chi connectivity index (χ4n) is 2.67. The van der Waals surface area contributed by atoms with Gasteiger partial charge in [-0.05, 0) is 29.8 Å². The summed E-state index contributed by atoms with van der Waals surface area (Å²) in [7, 11) is 2.00. The Balaban J connectivity index is 1.87. The summed E-state index contributed by atoms with van der Waals surface area (Å²) in [5, 5.41) is 7.29. The Bertz CT molecular complexity index is 947. The highest BCUT2D eigenvalue weighted by atomic mass is 15.1. The number of nitrogen functional groups attached to an aromatic ring is 1. The van der Waals surface area contributed by atoms with Gasteiger partial charge < -0.3 is 10.3 Å². The average molecular weight is 289 g/mol. The third kappa shape index (κ3) is 1.95. The lowest BCUT2D eigenvalue weighted by molar-refractivity contribution is 0.948. The topological polar surface area (TPSA) is 72.5 Å². The lowest BCUT2D eigenvalue weighted by atomic mass is 10.0. The van der Waals surface area contributed by atoms with Gasteiger partial charge in [0, 0.05) is 23.9 Å². The number of hydrogen-bond acceptors (Lipinski definition) is 3. The molecule has 108 valence electrons. The van der Waals surface area contributed by atoms with Crippen LogP contribution in [0.3, 0.4) is 0 Å². The lowest BCUT2D eigenvalue weighted by Crippen LogP contribution is -1.87. The second-order valence-electron chi connectivity index (χ2n) is 5.34. The summed E-state index contributed by atoms with van der Waals surface area (Å²) in [6, 6.07) is 14.0. The maximum absolute atomic E-state index is 5.76. The van der Waals surface area contributed by atoms with Crippen LogP contribution in [0.25, 0.3) is 33.4 Å². The SMILES string of the molecule is Cn1cnc2ccc(-c3cn[nH]c3-c3ccc(N)cc3)cc21. The van der Waals surface area contributed by atoms with Crippen LogP contribution >= 0.6 is 0 Å². The third-order valence-corrected chi connectivity index (χ3v) is 3.88. The average Bonchev–Trinajstić information content (AvgIpc) is 3.15. The van der Waals surface area contributed by atoms with Crippen molar-refractivity contribution in [3.05, 3.63) is 55.0 Å². The van der Waals surface area contributed by atoms with E-state index in [1.165, 1.54) is 0 Å². The molecule has 5 heteroatoms. The Labute approximate surface area is 127 Å². The first kappa shape index (κ1) is 12.6. The Kier molecular flexibility index (Phi) is 2.72. The van der Waals surface area contributed by atoms with Crippen LogP contribution in [-0.2, 0) is 7.05 Å². The minimum absolute atomic E-state index is 0.751. The molecule has 0 aliphatic heterocycles. The van der Waals surface area contributed by atoms with Crippen LogP contribution in [0.4, 0.5) is 5.69 Å². The Morgan fingerprint density at radius 3 is 2.64 bits per heavy atom. The van der Waals surface area contributed by atoms with Crippen LogP contribution in [0.5, 0.6) is 0 Å². The molecule has 0 aliphatic rings. The number of aromatic nitrogens is 4. The monoisotopic (exact) mass is 289 g/mol. The summed E-state index contributed by atoms with van der Waals surface area (Å²) < 4.78 is 2.02. The molecule has 0 bridgehead atoms. The van der Waals surface area contributed by atoms with Crippen molar-refractivity contribution in [2.75, 3.05) is 5.73 Å². The molecule has 3 N–H and O–H groups in total. The number of fused-ring (bicyclic) bond motifs is 1. The fourth-order valence-corrected chi connectivity index (χ4v) is 2.67. The number of anilines is 1. The van der Waals surface area contributed by atoms with Gasteiger partial charge in [0.05, 0.1) is 29.3 Å². The Morgan fingerprint density at radius 2 is 1.82 bits per heavy atom. The maximum Gasteiger partial charge on any atom is 0.0955 e. The van der Waals surface area contributed by atoms with Crippen molar-refractivity contribution >= 4 is 16.7 Å². The quantitative estimate of drug-likeness (QED) is 0.556. The number of nitrogens with two attached hydrogens (primary N) is 1. The van der Waals surface area contributed by atoms with Crippen molar-refractivity contribution < 1.29 is 0 Å². The first-order valence-corrected chi connectivity index (χ1v) is 7.03. The van der Waals surface area contributed by atoms with Crippen molar-refractivity contribution in [1.29, 1.82) is 0 Å². The molecule has 0 aliphatic carbocycles. The van der Waals surface area contributed by atoms with Crippen LogP contribution in [0.2, 0.25) is 0 Å². The molecular formula is C17H15N5. The number of aryl methyl sites for hydroxylation is 1. The molecule has 0 atom stereocenters. The number of nitrogens with one attached hydrogen (secondary N) is 1. The van der Waals surface area contributed by atoms with E-state index >= 15 is 0 Å². The van der Waals surface area contributed by atoms with E-state index in [0.29, 0.717) is 0 Å². The zero-order valence-electron chi connectivity index (χ0n) is 12.1. The smallest absolute Gasteiger partial charge is 0.0955 e. The van der Waals surface area contributed by atoms with E-state index in [1.54, 1.807) is 0 Å². The van der Waals surface area contributed by atoms with Crippen molar-refractivity contribution in [2.45, 2.75) is 0 Å². The number of hydrogen-bond donors (Lipinski definition) is 2. The minimum atomic E-state index is 0.751. The van der Waals surface area contributed by atoms with Crippen molar-refractivity contribution in [1.82, 2.24) is 19.7 Å². The van der Waals surface area contributed by atoms with E-state index in [1.807, 2.05) is 54.5 Å². The molecule has 0 saturated carbocycles. The van der Waals surface area contributed by atoms with E-state index < -0.39 is 0 Å². The van der Waals surface area contributed by atoms with Gasteiger partial charge in [-0.2, -0.15) is 5.10 Å². The number of nitrogens with zero attached hydrogens (tertiary/aromatic N) is 3. The number of benzene rings is 2. The van der Waals surface area contributed by atoms with Crippen LogP contribution < -0.4 is 5.73 Å². The van der Waals surface area contributed by atoms with Gasteiger partial charge in [-0.15, -0.1) is 0 Å². The van der Waals surface area contributed by atoms with E-state index in [9.17, 15) is 0 Å². The van der Waals surface area contributed by atoms with E-state index in [-0.39, 0.29) is 0 Å². The van der Waals surface area contributed by atoms with E-state index in [4.69, 9.17) is 5.73 Å². The highest BCUT2D eigenvalue weighted by Crippen LogP contribution is 2.31. The van der Waals surface area contributed by atoms with Crippen LogP contribution in [0.1, 0.15) is 0 Å². The van der Waals surface area contributed by atoms with Gasteiger partial charge in [-0.25, -0.2) is 4.98 Å². The first-order chi connectivity index (χ1) is 10.7. The molecule has 2 aromatic heterocycles. The van der Waals surface area contributed by atoms with Crippen LogP contribution in [0.15, 0.2) is 55.0 Å². The van der Waals surface area contributed by atoms with Gasteiger partial charge in [0.25, 0.3) is 0 Å². The number of aromatic amines is 1. The normalized spacial score (nSPS) is 11.1. The van der Waals surface area contributed by atoms with Gasteiger partial charge >= 0.3 is 0 Å². The third-order valence-electron chi connectivity index (χ3n) is 3.88. The molecule has 22 heavy (non-hydrogen) atoms. The second kappa shape index (κ2) is 4.73. The van der Waals surface area contributed by atoms with Crippen molar-refractivity contribution in [3.63, 3.8) is 0 Å². The van der Waals surface area contributed by atoms with Gasteiger partial charge in [-0.1, -0.05) is 18.2 Å². The molecule has 4 aromatic rings. The molecule has 0 unspecified atom stereocenters. The molecule has 4 rings (SSSR count). The van der Waals surface area contributed by atoms with E-state index in [2.05, 4.69) is 27.3 Å². The highest BCUT2D eigenvalue weighted by Gasteiger charge is 2.11. The molecule has 2 aromatic carbocycles. The molecular weight excluding hydrogens is 274 g/mol. The first-order valence-electron chi connectivity index (χ1n) is 7.03. The van der Waals surface area contributed by atoms with Crippen molar-refractivity contribution in [3.8, 4) is 22.4 Å². The summed E-state index contributed by atoms with van der Waals surface area (Å²) in [6.45, 7) is 0. The van der Waals surface area contributed by atoms with Crippen LogP contribution in [-0.4, -0.2) is 19.7 Å². The van der Waals surface area contributed by atoms with E-state index in [0.717, 1.165) is 39.1 Å². The Morgan fingerprint density at radius 1 is 1.05 bits per heavy atom. The van der Waals surface area contributed by atoms with Gasteiger partial charge in [-0.3, -0.25) is 5.10 Å². The molecule has 0 fully saturated rings.